The Morgan fingerprint density at radius 1 is 1.00 bits per heavy atom. The maximum absolute atomic E-state index is 12.5. The number of ketones is 1. The van der Waals surface area contributed by atoms with Crippen molar-refractivity contribution < 1.29 is 4.79 Å². The Kier molecular flexibility index (Phi) is 2.34. The van der Waals surface area contributed by atoms with Gasteiger partial charge in [0.25, 0.3) is 0 Å². The van der Waals surface area contributed by atoms with E-state index in [1.54, 1.807) is 0 Å². The zero-order valence-corrected chi connectivity index (χ0v) is 11.2. The van der Waals surface area contributed by atoms with Crippen LogP contribution in [0.4, 0.5) is 0 Å². The van der Waals surface area contributed by atoms with Gasteiger partial charge in [-0.2, -0.15) is 0 Å². The summed E-state index contributed by atoms with van der Waals surface area (Å²) < 4.78 is 0. The minimum Gasteiger partial charge on any atom is -0.294 e. The van der Waals surface area contributed by atoms with Crippen LogP contribution < -0.4 is 0 Å². The Labute approximate surface area is 108 Å². The number of carbonyl (C=O) groups excluding carboxylic acids is 1. The van der Waals surface area contributed by atoms with E-state index >= 15 is 0 Å². The molecule has 18 heavy (non-hydrogen) atoms. The summed E-state index contributed by atoms with van der Waals surface area (Å²) in [5.74, 6) is 0.234. The second-order valence-corrected chi connectivity index (χ2v) is 6.19. The molecule has 92 valence electrons. The Morgan fingerprint density at radius 3 is 2.33 bits per heavy atom. The predicted octanol–water partition coefficient (Wildman–Crippen LogP) is 4.17. The van der Waals surface area contributed by atoms with E-state index in [1.165, 1.54) is 16.5 Å². The molecular weight excluding hydrogens is 220 g/mol. The fraction of sp³-hybridized carbons (Fsp3) is 0.353. The average molecular weight is 238 g/mol. The van der Waals surface area contributed by atoms with Crippen molar-refractivity contribution >= 4 is 16.6 Å². The molecule has 2 aromatic rings. The molecule has 3 rings (SSSR count). The molecule has 0 atom stereocenters. The lowest BCUT2D eigenvalue weighted by atomic mass is 9.84. The van der Waals surface area contributed by atoms with Gasteiger partial charge in [0.1, 0.15) is 0 Å². The van der Waals surface area contributed by atoms with Gasteiger partial charge in [-0.1, -0.05) is 51.1 Å². The van der Waals surface area contributed by atoms with Gasteiger partial charge >= 0.3 is 0 Å². The molecule has 1 nitrogen and oxygen atoms in total. The zero-order chi connectivity index (χ0) is 12.9. The summed E-state index contributed by atoms with van der Waals surface area (Å²) in [4.78, 5) is 12.5. The van der Waals surface area contributed by atoms with Crippen LogP contribution in [0.5, 0.6) is 0 Å². The van der Waals surface area contributed by atoms with Crippen molar-refractivity contribution in [2.24, 2.45) is 5.41 Å². The van der Waals surface area contributed by atoms with Gasteiger partial charge < -0.3 is 0 Å². The van der Waals surface area contributed by atoms with E-state index in [1.807, 2.05) is 26.8 Å². The van der Waals surface area contributed by atoms with Crippen LogP contribution in [0.15, 0.2) is 30.3 Å². The van der Waals surface area contributed by atoms with E-state index in [0.717, 1.165) is 23.8 Å². The van der Waals surface area contributed by atoms with Crippen LogP contribution in [0.1, 0.15) is 42.3 Å². The molecule has 0 unspecified atom stereocenters. The smallest absolute Gasteiger partial charge is 0.168 e. The number of aryl methyl sites for hydroxylation is 2. The van der Waals surface area contributed by atoms with E-state index in [9.17, 15) is 4.79 Å². The molecule has 0 N–H and O–H groups in total. The Morgan fingerprint density at radius 2 is 1.67 bits per heavy atom. The summed E-state index contributed by atoms with van der Waals surface area (Å²) in [6.07, 6.45) is 2.22. The summed E-state index contributed by atoms with van der Waals surface area (Å²) in [6, 6.07) is 10.5. The molecular formula is C17H18O. The largest absolute Gasteiger partial charge is 0.294 e. The monoisotopic (exact) mass is 238 g/mol. The average Bonchev–Trinajstić information content (AvgIpc) is 2.73. The third kappa shape index (κ3) is 1.58. The zero-order valence-electron chi connectivity index (χ0n) is 11.2. The Balaban J connectivity index is 2.31. The van der Waals surface area contributed by atoms with Crippen LogP contribution in [-0.2, 0) is 12.8 Å². The first-order chi connectivity index (χ1) is 8.48. The van der Waals surface area contributed by atoms with Crippen LogP contribution in [0.25, 0.3) is 10.8 Å². The van der Waals surface area contributed by atoms with Gasteiger partial charge in [-0.15, -0.1) is 0 Å². The number of Topliss-reactive ketones (excluding diaryl/α,β-unsaturated/α-hetero) is 1. The maximum atomic E-state index is 12.5. The fourth-order valence-corrected chi connectivity index (χ4v) is 2.85. The van der Waals surface area contributed by atoms with Crippen molar-refractivity contribution in [1.29, 1.82) is 0 Å². The number of hydrogen-bond acceptors (Lipinski definition) is 1. The quantitative estimate of drug-likeness (QED) is 0.681. The molecule has 2 aromatic carbocycles. The first-order valence-electron chi connectivity index (χ1n) is 6.57. The summed E-state index contributed by atoms with van der Waals surface area (Å²) in [5.41, 5.74) is 3.35. The summed E-state index contributed by atoms with van der Waals surface area (Å²) in [6.45, 7) is 5.95. The third-order valence-electron chi connectivity index (χ3n) is 3.80. The van der Waals surface area contributed by atoms with E-state index in [0.29, 0.717) is 0 Å². The van der Waals surface area contributed by atoms with Crippen molar-refractivity contribution in [1.82, 2.24) is 0 Å². The minimum atomic E-state index is -0.321. The molecule has 0 fully saturated rings. The molecule has 0 saturated heterocycles. The van der Waals surface area contributed by atoms with E-state index in [4.69, 9.17) is 0 Å². The van der Waals surface area contributed by atoms with Gasteiger partial charge in [0.05, 0.1) is 0 Å². The first kappa shape index (κ1) is 11.5. The van der Waals surface area contributed by atoms with Crippen molar-refractivity contribution in [3.8, 4) is 0 Å². The lowest BCUT2D eigenvalue weighted by Crippen LogP contribution is -2.20. The van der Waals surface area contributed by atoms with Crippen LogP contribution >= 0.6 is 0 Å². The second-order valence-electron chi connectivity index (χ2n) is 6.19. The van der Waals surface area contributed by atoms with Gasteiger partial charge in [0.15, 0.2) is 5.78 Å². The van der Waals surface area contributed by atoms with Crippen molar-refractivity contribution in [2.75, 3.05) is 0 Å². The molecule has 0 spiro atoms. The van der Waals surface area contributed by atoms with E-state index < -0.39 is 0 Å². The van der Waals surface area contributed by atoms with Gasteiger partial charge in [-0.05, 0) is 34.7 Å². The van der Waals surface area contributed by atoms with Gasteiger partial charge in [0.2, 0.25) is 0 Å². The number of hydrogen-bond donors (Lipinski definition) is 0. The topological polar surface area (TPSA) is 17.1 Å². The molecule has 1 aliphatic carbocycles. The first-order valence-corrected chi connectivity index (χ1v) is 6.57. The minimum absolute atomic E-state index is 0.234. The molecule has 0 aromatic heterocycles. The summed E-state index contributed by atoms with van der Waals surface area (Å²) in [7, 11) is 0. The van der Waals surface area contributed by atoms with Crippen molar-refractivity contribution in [3.63, 3.8) is 0 Å². The SMILES string of the molecule is CC(C)(C)C(=O)c1ccc2c3c(cccc13)CC2. The highest BCUT2D eigenvalue weighted by Gasteiger charge is 2.26. The lowest BCUT2D eigenvalue weighted by Gasteiger charge is -2.18. The van der Waals surface area contributed by atoms with Crippen molar-refractivity contribution in [2.45, 2.75) is 33.6 Å². The molecule has 0 aliphatic heterocycles. The molecule has 1 heteroatoms. The van der Waals surface area contributed by atoms with Crippen LogP contribution in [-0.4, -0.2) is 5.78 Å². The van der Waals surface area contributed by atoms with E-state index in [-0.39, 0.29) is 11.2 Å². The van der Waals surface area contributed by atoms with E-state index in [2.05, 4.69) is 24.3 Å². The summed E-state index contributed by atoms with van der Waals surface area (Å²) in [5, 5.41) is 2.47. The molecule has 0 saturated carbocycles. The Bertz CT molecular complexity index is 634. The lowest BCUT2D eigenvalue weighted by molar-refractivity contribution is 0.0860. The van der Waals surface area contributed by atoms with Gasteiger partial charge in [0, 0.05) is 11.0 Å². The van der Waals surface area contributed by atoms with Crippen LogP contribution in [0.2, 0.25) is 0 Å². The third-order valence-corrected chi connectivity index (χ3v) is 3.80. The Hall–Kier alpha value is -1.63. The highest BCUT2D eigenvalue weighted by atomic mass is 16.1. The normalized spacial score (nSPS) is 14.2. The molecule has 0 radical (unpaired) electrons. The van der Waals surface area contributed by atoms with Crippen LogP contribution in [0.3, 0.4) is 0 Å². The van der Waals surface area contributed by atoms with Gasteiger partial charge in [-0.25, -0.2) is 0 Å². The fourth-order valence-electron chi connectivity index (χ4n) is 2.85. The maximum Gasteiger partial charge on any atom is 0.168 e. The number of benzene rings is 2. The molecule has 0 amide bonds. The summed E-state index contributed by atoms with van der Waals surface area (Å²) >= 11 is 0. The highest BCUT2D eigenvalue weighted by Crippen LogP contribution is 2.34. The van der Waals surface area contributed by atoms with Crippen molar-refractivity contribution in [3.05, 3.63) is 47.0 Å². The highest BCUT2D eigenvalue weighted by molar-refractivity contribution is 6.11. The molecule has 0 bridgehead atoms. The second kappa shape index (κ2) is 3.68. The molecule has 1 aliphatic rings. The van der Waals surface area contributed by atoms with Gasteiger partial charge in [-0.3, -0.25) is 4.79 Å². The standard InChI is InChI=1S/C17H18O/c1-17(2,3)16(18)14-10-9-12-8-7-11-5-4-6-13(14)15(11)12/h4-6,9-10H,7-8H2,1-3H3. The molecule has 0 heterocycles. The predicted molar refractivity (Wildman–Crippen MR) is 75.1 cm³/mol. The number of carbonyl (C=O) groups is 1. The number of rotatable bonds is 1. The van der Waals surface area contributed by atoms with Crippen LogP contribution in [0, 0.1) is 5.41 Å².